The molecule has 7 heteroatoms. The lowest BCUT2D eigenvalue weighted by Gasteiger charge is -2.01. The average Bonchev–Trinajstić information content (AvgIpc) is 2.95. The summed E-state index contributed by atoms with van der Waals surface area (Å²) in [6.07, 6.45) is 3.28. The van der Waals surface area contributed by atoms with Crippen LogP contribution >= 0.6 is 23.2 Å². The van der Waals surface area contributed by atoms with E-state index in [4.69, 9.17) is 23.2 Å². The number of rotatable bonds is 2. The minimum atomic E-state index is -0.826. The maximum Gasteiger partial charge on any atom is 0.197 e. The van der Waals surface area contributed by atoms with E-state index in [1.807, 2.05) is 30.3 Å². The Morgan fingerprint density at radius 1 is 1.00 bits per heavy atom. The summed E-state index contributed by atoms with van der Waals surface area (Å²) in [6.45, 7) is 0. The van der Waals surface area contributed by atoms with Gasteiger partial charge in [0, 0.05) is 6.20 Å². The summed E-state index contributed by atoms with van der Waals surface area (Å²) in [7, 11) is 0. The van der Waals surface area contributed by atoms with Crippen molar-refractivity contribution in [2.75, 3.05) is 0 Å². The minimum Gasteiger partial charge on any atom is -0.240 e. The Morgan fingerprint density at radius 3 is 2.30 bits per heavy atom. The summed E-state index contributed by atoms with van der Waals surface area (Å²) in [5, 5.41) is 3.58. The Bertz CT molecular complexity index is 735. The van der Waals surface area contributed by atoms with Crippen LogP contribution in [0.4, 0.5) is 4.39 Å². The van der Waals surface area contributed by atoms with Crippen LogP contribution in [0.1, 0.15) is 0 Å². The summed E-state index contributed by atoms with van der Waals surface area (Å²) < 4.78 is 14.9. The van der Waals surface area contributed by atoms with Gasteiger partial charge in [0.1, 0.15) is 0 Å². The Hall–Kier alpha value is -1.98. The molecule has 0 aliphatic rings. The molecule has 0 bridgehead atoms. The van der Waals surface area contributed by atoms with Gasteiger partial charge in [-0.05, 0) is 12.1 Å². The van der Waals surface area contributed by atoms with E-state index in [1.165, 1.54) is 0 Å². The van der Waals surface area contributed by atoms with Crippen molar-refractivity contribution in [2.24, 2.45) is 0 Å². The molecule has 2 heterocycles. The van der Waals surface area contributed by atoms with Crippen molar-refractivity contribution in [1.82, 2.24) is 19.7 Å². The first kappa shape index (κ1) is 13.0. The van der Waals surface area contributed by atoms with Gasteiger partial charge in [-0.3, -0.25) is 0 Å². The van der Waals surface area contributed by atoms with E-state index < -0.39 is 5.82 Å². The van der Waals surface area contributed by atoms with Gasteiger partial charge in [0.2, 0.25) is 0 Å². The fraction of sp³-hybridized carbons (Fsp3) is 0. The van der Waals surface area contributed by atoms with Gasteiger partial charge in [0.25, 0.3) is 0 Å². The lowest BCUT2D eigenvalue weighted by atomic mass is 10.3. The highest BCUT2D eigenvalue weighted by Crippen LogP contribution is 2.24. The van der Waals surface area contributed by atoms with E-state index in [2.05, 4.69) is 15.1 Å². The van der Waals surface area contributed by atoms with Crippen LogP contribution < -0.4 is 0 Å². The molecular weight excluding hydrogens is 302 g/mol. The third kappa shape index (κ3) is 2.37. The van der Waals surface area contributed by atoms with Crippen LogP contribution in [0.2, 0.25) is 10.3 Å². The van der Waals surface area contributed by atoms with Crippen molar-refractivity contribution in [3.63, 3.8) is 0 Å². The van der Waals surface area contributed by atoms with Crippen molar-refractivity contribution in [3.05, 3.63) is 58.8 Å². The van der Waals surface area contributed by atoms with Crippen LogP contribution in [0.25, 0.3) is 17.1 Å². The van der Waals surface area contributed by atoms with E-state index in [-0.39, 0.29) is 16.1 Å². The fourth-order valence-electron chi connectivity index (χ4n) is 1.68. The summed E-state index contributed by atoms with van der Waals surface area (Å²) in [4.78, 5) is 7.70. The highest BCUT2D eigenvalue weighted by Gasteiger charge is 2.13. The standard InChI is InChI=1S/C13H7Cl2FN4/c14-11-10(16)12(15)19-13(18-11)8-6-17-20(7-8)9-4-2-1-3-5-9/h1-7H. The predicted octanol–water partition coefficient (Wildman–Crippen LogP) is 3.78. The Kier molecular flexibility index (Phi) is 3.38. The molecule has 100 valence electrons. The topological polar surface area (TPSA) is 43.6 Å². The number of hydrogen-bond donors (Lipinski definition) is 0. The third-order valence-electron chi connectivity index (χ3n) is 2.63. The van der Waals surface area contributed by atoms with Crippen LogP contribution in [-0.2, 0) is 0 Å². The van der Waals surface area contributed by atoms with E-state index in [0.717, 1.165) is 5.69 Å². The first-order chi connectivity index (χ1) is 9.65. The fourth-order valence-corrected chi connectivity index (χ4v) is 2.07. The molecule has 0 radical (unpaired) electrons. The molecule has 0 fully saturated rings. The van der Waals surface area contributed by atoms with Gasteiger partial charge in [0.05, 0.1) is 17.4 Å². The molecular formula is C13H7Cl2FN4. The predicted molar refractivity (Wildman–Crippen MR) is 74.6 cm³/mol. The molecule has 0 unspecified atom stereocenters. The highest BCUT2D eigenvalue weighted by atomic mass is 35.5. The summed E-state index contributed by atoms with van der Waals surface area (Å²) in [5.41, 5.74) is 1.48. The lowest BCUT2D eigenvalue weighted by molar-refractivity contribution is 0.615. The smallest absolute Gasteiger partial charge is 0.197 e. The van der Waals surface area contributed by atoms with Crippen LogP contribution in [-0.4, -0.2) is 19.7 Å². The molecule has 20 heavy (non-hydrogen) atoms. The SMILES string of the molecule is Fc1c(Cl)nc(-c2cnn(-c3ccccc3)c2)nc1Cl. The molecule has 3 rings (SSSR count). The van der Waals surface area contributed by atoms with Crippen molar-refractivity contribution in [2.45, 2.75) is 0 Å². The van der Waals surface area contributed by atoms with Crippen molar-refractivity contribution in [3.8, 4) is 17.1 Å². The van der Waals surface area contributed by atoms with Gasteiger partial charge >= 0.3 is 0 Å². The molecule has 3 aromatic rings. The number of para-hydroxylation sites is 1. The minimum absolute atomic E-state index is 0.226. The molecule has 0 aliphatic carbocycles. The number of halogens is 3. The first-order valence-electron chi connectivity index (χ1n) is 5.64. The molecule has 0 N–H and O–H groups in total. The zero-order valence-electron chi connectivity index (χ0n) is 9.96. The zero-order valence-corrected chi connectivity index (χ0v) is 11.5. The second kappa shape index (κ2) is 5.19. The van der Waals surface area contributed by atoms with E-state index in [1.54, 1.807) is 17.1 Å². The summed E-state index contributed by atoms with van der Waals surface area (Å²) in [5.74, 6) is -0.601. The molecule has 0 saturated heterocycles. The van der Waals surface area contributed by atoms with Gasteiger partial charge in [-0.15, -0.1) is 0 Å². The van der Waals surface area contributed by atoms with Crippen LogP contribution in [0, 0.1) is 5.82 Å². The number of aromatic nitrogens is 4. The molecule has 0 atom stereocenters. The Morgan fingerprint density at radius 2 is 1.65 bits per heavy atom. The number of benzene rings is 1. The van der Waals surface area contributed by atoms with Gasteiger partial charge in [0.15, 0.2) is 21.9 Å². The highest BCUT2D eigenvalue weighted by molar-refractivity contribution is 6.33. The quantitative estimate of drug-likeness (QED) is 0.677. The zero-order chi connectivity index (χ0) is 14.1. The molecule has 2 aromatic heterocycles. The van der Waals surface area contributed by atoms with E-state index >= 15 is 0 Å². The largest absolute Gasteiger partial charge is 0.240 e. The summed E-state index contributed by atoms with van der Waals surface area (Å²) >= 11 is 11.3. The van der Waals surface area contributed by atoms with Gasteiger partial charge in [-0.2, -0.15) is 5.10 Å². The Labute approximate surface area is 123 Å². The molecule has 0 spiro atoms. The van der Waals surface area contributed by atoms with E-state index in [9.17, 15) is 4.39 Å². The van der Waals surface area contributed by atoms with Crippen LogP contribution in [0.5, 0.6) is 0 Å². The van der Waals surface area contributed by atoms with Crippen molar-refractivity contribution >= 4 is 23.2 Å². The van der Waals surface area contributed by atoms with E-state index in [0.29, 0.717) is 5.56 Å². The van der Waals surface area contributed by atoms with Crippen LogP contribution in [0.15, 0.2) is 42.7 Å². The maximum absolute atomic E-state index is 13.3. The monoisotopic (exact) mass is 308 g/mol. The lowest BCUT2D eigenvalue weighted by Crippen LogP contribution is -1.94. The Balaban J connectivity index is 2.03. The summed E-state index contributed by atoms with van der Waals surface area (Å²) in [6, 6.07) is 9.53. The van der Waals surface area contributed by atoms with Gasteiger partial charge in [-0.1, -0.05) is 41.4 Å². The van der Waals surface area contributed by atoms with Crippen molar-refractivity contribution in [1.29, 1.82) is 0 Å². The van der Waals surface area contributed by atoms with Crippen LogP contribution in [0.3, 0.4) is 0 Å². The first-order valence-corrected chi connectivity index (χ1v) is 6.40. The number of nitrogens with zero attached hydrogens (tertiary/aromatic N) is 4. The van der Waals surface area contributed by atoms with Gasteiger partial charge in [-0.25, -0.2) is 19.0 Å². The molecule has 0 amide bonds. The maximum atomic E-state index is 13.3. The molecule has 0 aliphatic heterocycles. The van der Waals surface area contributed by atoms with Crippen molar-refractivity contribution < 1.29 is 4.39 Å². The van der Waals surface area contributed by atoms with Gasteiger partial charge < -0.3 is 0 Å². The second-order valence-corrected chi connectivity index (χ2v) is 4.67. The molecule has 4 nitrogen and oxygen atoms in total. The molecule has 1 aromatic carbocycles. The normalized spacial score (nSPS) is 10.8. The average molecular weight is 309 g/mol. The second-order valence-electron chi connectivity index (χ2n) is 3.95. The molecule has 0 saturated carbocycles. The third-order valence-corrected chi connectivity index (χ3v) is 3.13. The number of hydrogen-bond acceptors (Lipinski definition) is 3.